The number of H-pyrrole nitrogens is 1. The van der Waals surface area contributed by atoms with Crippen molar-refractivity contribution < 1.29 is 0 Å². The van der Waals surface area contributed by atoms with E-state index >= 15 is 0 Å². The van der Waals surface area contributed by atoms with Gasteiger partial charge in [-0.15, -0.1) is 0 Å². The molecule has 1 atom stereocenters. The number of para-hydroxylation sites is 1. The third-order valence-electron chi connectivity index (χ3n) is 3.10. The van der Waals surface area contributed by atoms with Gasteiger partial charge in [0.15, 0.2) is 0 Å². The van der Waals surface area contributed by atoms with E-state index in [2.05, 4.69) is 10.3 Å². The summed E-state index contributed by atoms with van der Waals surface area (Å²) in [6.07, 6.45) is 0.985. The van der Waals surface area contributed by atoms with Crippen molar-refractivity contribution in [3.8, 4) is 0 Å². The van der Waals surface area contributed by atoms with Crippen LogP contribution in [0.3, 0.4) is 0 Å². The number of rotatable bonds is 1. The fourth-order valence-corrected chi connectivity index (χ4v) is 2.55. The van der Waals surface area contributed by atoms with Gasteiger partial charge in [-0.1, -0.05) is 17.7 Å². The van der Waals surface area contributed by atoms with Crippen LogP contribution in [0.15, 0.2) is 23.0 Å². The summed E-state index contributed by atoms with van der Waals surface area (Å²) >= 11 is 6.05. The second-order valence-electron chi connectivity index (χ2n) is 4.08. The Labute approximate surface area is 97.2 Å². The summed E-state index contributed by atoms with van der Waals surface area (Å²) in [5.41, 5.74) is 1.56. The Bertz CT molecular complexity index is 580. The predicted octanol–water partition coefficient (Wildman–Crippen LogP) is 1.52. The second kappa shape index (κ2) is 3.64. The molecule has 5 heteroatoms. The van der Waals surface area contributed by atoms with Crippen LogP contribution in [0.1, 0.15) is 12.5 Å². The molecule has 0 radical (unpaired) electrons. The average molecular weight is 238 g/mol. The number of benzene rings is 1. The highest BCUT2D eigenvalue weighted by molar-refractivity contribution is 6.34. The average Bonchev–Trinajstić information content (AvgIpc) is 2.85. The van der Waals surface area contributed by atoms with E-state index in [1.165, 1.54) is 0 Å². The fraction of sp³-hybridized carbons (Fsp3) is 0.364. The van der Waals surface area contributed by atoms with Crippen LogP contribution in [0.25, 0.3) is 11.0 Å². The highest BCUT2D eigenvalue weighted by atomic mass is 35.5. The highest BCUT2D eigenvalue weighted by Crippen LogP contribution is 2.24. The lowest BCUT2D eigenvalue weighted by Crippen LogP contribution is -2.23. The number of fused-ring (bicyclic) bond motifs is 1. The number of hydrogen-bond acceptors (Lipinski definition) is 2. The predicted molar refractivity (Wildman–Crippen MR) is 64.1 cm³/mol. The molecule has 0 bridgehead atoms. The first-order valence-corrected chi connectivity index (χ1v) is 5.74. The molecule has 4 nitrogen and oxygen atoms in total. The lowest BCUT2D eigenvalue weighted by molar-refractivity contribution is 0.546. The van der Waals surface area contributed by atoms with Crippen molar-refractivity contribution in [3.63, 3.8) is 0 Å². The molecule has 84 valence electrons. The number of nitrogens with one attached hydrogen (secondary N) is 2. The Morgan fingerprint density at radius 1 is 1.44 bits per heavy atom. The first-order valence-electron chi connectivity index (χ1n) is 5.37. The summed E-state index contributed by atoms with van der Waals surface area (Å²) in [5, 5.41) is 3.86. The van der Waals surface area contributed by atoms with Gasteiger partial charge < -0.3 is 10.3 Å². The van der Waals surface area contributed by atoms with Gasteiger partial charge in [0, 0.05) is 6.54 Å². The summed E-state index contributed by atoms with van der Waals surface area (Å²) in [6, 6.07) is 5.82. The van der Waals surface area contributed by atoms with Crippen molar-refractivity contribution in [1.29, 1.82) is 0 Å². The van der Waals surface area contributed by atoms with E-state index in [1.54, 1.807) is 10.6 Å². The summed E-state index contributed by atoms with van der Waals surface area (Å²) in [4.78, 5) is 14.7. The summed E-state index contributed by atoms with van der Waals surface area (Å²) < 4.78 is 1.81. The van der Waals surface area contributed by atoms with Gasteiger partial charge in [0.1, 0.15) is 0 Å². The fourth-order valence-electron chi connectivity index (χ4n) is 2.34. The molecular weight excluding hydrogens is 226 g/mol. The Morgan fingerprint density at radius 3 is 3.06 bits per heavy atom. The van der Waals surface area contributed by atoms with Crippen molar-refractivity contribution in [2.45, 2.75) is 12.5 Å². The van der Waals surface area contributed by atoms with E-state index in [9.17, 15) is 4.79 Å². The number of halogens is 1. The second-order valence-corrected chi connectivity index (χ2v) is 4.49. The number of nitrogens with zero attached hydrogens (tertiary/aromatic N) is 1. The maximum Gasteiger partial charge on any atom is 0.326 e. The largest absolute Gasteiger partial charge is 0.326 e. The van der Waals surface area contributed by atoms with E-state index < -0.39 is 0 Å². The van der Waals surface area contributed by atoms with Crippen molar-refractivity contribution >= 4 is 22.6 Å². The molecule has 2 heterocycles. The van der Waals surface area contributed by atoms with Crippen LogP contribution in [0.2, 0.25) is 5.02 Å². The zero-order valence-corrected chi connectivity index (χ0v) is 9.42. The molecular formula is C11H12ClN3O. The van der Waals surface area contributed by atoms with Crippen LogP contribution in [0, 0.1) is 0 Å². The SMILES string of the molecule is O=c1[nH]c2c(Cl)cccc2n1C1CCNC1. The van der Waals surface area contributed by atoms with Crippen LogP contribution in [-0.2, 0) is 0 Å². The molecule has 1 saturated heterocycles. The zero-order chi connectivity index (χ0) is 11.1. The summed E-state index contributed by atoms with van der Waals surface area (Å²) in [5.74, 6) is 0. The third kappa shape index (κ3) is 1.37. The molecule has 1 aliphatic heterocycles. The third-order valence-corrected chi connectivity index (χ3v) is 3.42. The number of aromatic nitrogens is 2. The topological polar surface area (TPSA) is 49.8 Å². The van der Waals surface area contributed by atoms with Gasteiger partial charge in [0.2, 0.25) is 0 Å². The van der Waals surface area contributed by atoms with E-state index in [1.807, 2.05) is 12.1 Å². The van der Waals surface area contributed by atoms with Crippen LogP contribution < -0.4 is 11.0 Å². The molecule has 1 aliphatic rings. The Hall–Kier alpha value is -1.26. The first kappa shape index (κ1) is 9.93. The van der Waals surface area contributed by atoms with Gasteiger partial charge >= 0.3 is 5.69 Å². The van der Waals surface area contributed by atoms with Crippen LogP contribution >= 0.6 is 11.6 Å². The Kier molecular flexibility index (Phi) is 2.26. The molecule has 3 rings (SSSR count). The molecule has 0 spiro atoms. The highest BCUT2D eigenvalue weighted by Gasteiger charge is 2.21. The minimum atomic E-state index is -0.0724. The van der Waals surface area contributed by atoms with Crippen LogP contribution in [0.5, 0.6) is 0 Å². The molecule has 1 unspecified atom stereocenters. The molecule has 0 aliphatic carbocycles. The van der Waals surface area contributed by atoms with E-state index in [4.69, 9.17) is 11.6 Å². The van der Waals surface area contributed by atoms with Gasteiger partial charge in [-0.25, -0.2) is 4.79 Å². The maximum atomic E-state index is 11.9. The van der Waals surface area contributed by atoms with Crippen molar-refractivity contribution in [2.75, 3.05) is 13.1 Å². The molecule has 16 heavy (non-hydrogen) atoms. The van der Waals surface area contributed by atoms with E-state index in [0.717, 1.165) is 30.5 Å². The lowest BCUT2D eigenvalue weighted by atomic mass is 10.2. The quantitative estimate of drug-likeness (QED) is 0.790. The lowest BCUT2D eigenvalue weighted by Gasteiger charge is -2.10. The van der Waals surface area contributed by atoms with Crippen LogP contribution in [0.4, 0.5) is 0 Å². The number of aromatic amines is 1. The molecule has 1 aromatic carbocycles. The van der Waals surface area contributed by atoms with Gasteiger partial charge in [0.05, 0.1) is 22.1 Å². The van der Waals surface area contributed by atoms with Gasteiger partial charge in [0.25, 0.3) is 0 Å². The van der Waals surface area contributed by atoms with Crippen LogP contribution in [-0.4, -0.2) is 22.6 Å². The summed E-state index contributed by atoms with van der Waals surface area (Å²) in [7, 11) is 0. The molecule has 2 N–H and O–H groups in total. The monoisotopic (exact) mass is 237 g/mol. The minimum absolute atomic E-state index is 0.0724. The van der Waals surface area contributed by atoms with E-state index in [0.29, 0.717) is 5.02 Å². The minimum Gasteiger partial charge on any atom is -0.315 e. The maximum absolute atomic E-state index is 11.9. The summed E-state index contributed by atoms with van der Waals surface area (Å²) in [6.45, 7) is 1.81. The molecule has 1 fully saturated rings. The smallest absolute Gasteiger partial charge is 0.315 e. The molecule has 1 aromatic heterocycles. The van der Waals surface area contributed by atoms with Gasteiger partial charge in [-0.05, 0) is 25.1 Å². The molecule has 0 saturated carbocycles. The van der Waals surface area contributed by atoms with E-state index in [-0.39, 0.29) is 11.7 Å². The van der Waals surface area contributed by atoms with Gasteiger partial charge in [-0.3, -0.25) is 4.57 Å². The molecule has 0 amide bonds. The van der Waals surface area contributed by atoms with Crippen molar-refractivity contribution in [3.05, 3.63) is 33.7 Å². The zero-order valence-electron chi connectivity index (χ0n) is 8.66. The van der Waals surface area contributed by atoms with Crippen molar-refractivity contribution in [2.24, 2.45) is 0 Å². The Balaban J connectivity index is 2.27. The normalized spacial score (nSPS) is 20.7. The number of imidazole rings is 1. The number of hydrogen-bond donors (Lipinski definition) is 2. The Morgan fingerprint density at radius 2 is 2.31 bits per heavy atom. The van der Waals surface area contributed by atoms with Crippen molar-refractivity contribution in [1.82, 2.24) is 14.9 Å². The first-order chi connectivity index (χ1) is 7.77. The van der Waals surface area contributed by atoms with Gasteiger partial charge in [-0.2, -0.15) is 0 Å². The molecule has 2 aromatic rings. The standard InChI is InChI=1S/C11H12ClN3O/c12-8-2-1-3-9-10(8)14-11(16)15(9)7-4-5-13-6-7/h1-3,7,13H,4-6H2,(H,14,16).